The van der Waals surface area contributed by atoms with Gasteiger partial charge in [-0.2, -0.15) is 0 Å². The van der Waals surface area contributed by atoms with Crippen molar-refractivity contribution in [2.45, 2.75) is 32.1 Å². The molecule has 0 saturated carbocycles. The number of likely N-dealkylation sites (tertiary alicyclic amines) is 1. The van der Waals surface area contributed by atoms with Crippen LogP contribution in [0.4, 0.5) is 0 Å². The van der Waals surface area contributed by atoms with Gasteiger partial charge < -0.3 is 15.5 Å². The summed E-state index contributed by atoms with van der Waals surface area (Å²) < 4.78 is 0. The zero-order valence-corrected chi connectivity index (χ0v) is 13.6. The molecule has 1 aromatic carbocycles. The number of hydrogen-bond donors (Lipinski definition) is 2. The lowest BCUT2D eigenvalue weighted by Crippen LogP contribution is -2.41. The zero-order valence-electron chi connectivity index (χ0n) is 12.8. The largest absolute Gasteiger partial charge is 0.363 e. The molecule has 1 aromatic rings. The van der Waals surface area contributed by atoms with E-state index >= 15 is 0 Å². The van der Waals surface area contributed by atoms with Crippen LogP contribution in [0.15, 0.2) is 30.3 Å². The van der Waals surface area contributed by atoms with E-state index in [4.69, 9.17) is 12.2 Å². The lowest BCUT2D eigenvalue weighted by molar-refractivity contribution is 0.232. The smallest absolute Gasteiger partial charge is 0.166 e. The molecular weight excluding hydrogens is 278 g/mol. The number of rotatable bonds is 7. The van der Waals surface area contributed by atoms with Gasteiger partial charge in [0.2, 0.25) is 0 Å². The van der Waals surface area contributed by atoms with Crippen molar-refractivity contribution in [2.24, 2.45) is 0 Å². The average Bonchev–Trinajstić information content (AvgIpc) is 2.54. The van der Waals surface area contributed by atoms with Gasteiger partial charge >= 0.3 is 0 Å². The fourth-order valence-corrected chi connectivity index (χ4v) is 2.92. The van der Waals surface area contributed by atoms with Crippen molar-refractivity contribution in [3.05, 3.63) is 35.9 Å². The second kappa shape index (κ2) is 9.74. The second-order valence-electron chi connectivity index (χ2n) is 5.67. The Balaban J connectivity index is 1.47. The van der Waals surface area contributed by atoms with Crippen molar-refractivity contribution < 1.29 is 0 Å². The minimum absolute atomic E-state index is 0.792. The molecule has 3 nitrogen and oxygen atoms in total. The number of thiocarbonyl (C=S) groups is 1. The third kappa shape index (κ3) is 6.91. The second-order valence-corrected chi connectivity index (χ2v) is 6.08. The Labute approximate surface area is 134 Å². The van der Waals surface area contributed by atoms with Gasteiger partial charge in [0.05, 0.1) is 0 Å². The molecule has 1 heterocycles. The maximum atomic E-state index is 5.31. The standard InChI is InChI=1S/C17H27N3S/c21-17(19-12-15-20-13-5-2-6-14-20)18-11-7-10-16-8-3-1-4-9-16/h1,3-4,8-9H,2,5-7,10-15H2,(H2,18,19,21). The lowest BCUT2D eigenvalue weighted by atomic mass is 10.1. The third-order valence-corrected chi connectivity index (χ3v) is 4.22. The van der Waals surface area contributed by atoms with Crippen molar-refractivity contribution in [3.63, 3.8) is 0 Å². The van der Waals surface area contributed by atoms with Crippen molar-refractivity contribution in [3.8, 4) is 0 Å². The predicted molar refractivity (Wildman–Crippen MR) is 93.7 cm³/mol. The van der Waals surface area contributed by atoms with Crippen molar-refractivity contribution in [1.82, 2.24) is 15.5 Å². The number of nitrogens with zero attached hydrogens (tertiary/aromatic N) is 1. The number of piperidine rings is 1. The molecule has 0 bridgehead atoms. The number of hydrogen-bond acceptors (Lipinski definition) is 2. The van der Waals surface area contributed by atoms with Crippen LogP contribution in [0.2, 0.25) is 0 Å². The summed E-state index contributed by atoms with van der Waals surface area (Å²) in [6.07, 6.45) is 6.30. The molecule has 21 heavy (non-hydrogen) atoms. The summed E-state index contributed by atoms with van der Waals surface area (Å²) in [5.74, 6) is 0. The summed E-state index contributed by atoms with van der Waals surface area (Å²) in [4.78, 5) is 2.52. The summed E-state index contributed by atoms with van der Waals surface area (Å²) >= 11 is 5.31. The van der Waals surface area contributed by atoms with Gasteiger partial charge in [0.25, 0.3) is 0 Å². The molecule has 0 aromatic heterocycles. The van der Waals surface area contributed by atoms with E-state index in [0.29, 0.717) is 0 Å². The highest BCUT2D eigenvalue weighted by molar-refractivity contribution is 7.80. The average molecular weight is 305 g/mol. The van der Waals surface area contributed by atoms with Gasteiger partial charge in [-0.3, -0.25) is 0 Å². The van der Waals surface area contributed by atoms with E-state index in [1.807, 2.05) is 0 Å². The number of benzene rings is 1. The normalized spacial score (nSPS) is 15.6. The first kappa shape index (κ1) is 16.2. The van der Waals surface area contributed by atoms with Crippen LogP contribution in [-0.4, -0.2) is 42.7 Å². The van der Waals surface area contributed by atoms with Gasteiger partial charge in [0, 0.05) is 19.6 Å². The van der Waals surface area contributed by atoms with Crippen LogP contribution in [-0.2, 0) is 6.42 Å². The van der Waals surface area contributed by atoms with E-state index in [9.17, 15) is 0 Å². The molecule has 1 aliphatic heterocycles. The topological polar surface area (TPSA) is 27.3 Å². The Hall–Kier alpha value is -1.13. The Bertz CT molecular complexity index is 402. The summed E-state index contributed by atoms with van der Waals surface area (Å²) in [7, 11) is 0. The molecule has 1 aliphatic rings. The molecule has 1 saturated heterocycles. The SMILES string of the molecule is S=C(NCCCc1ccccc1)NCCN1CCCCC1. The van der Waals surface area contributed by atoms with E-state index in [1.165, 1.54) is 37.9 Å². The maximum Gasteiger partial charge on any atom is 0.166 e. The summed E-state index contributed by atoms with van der Waals surface area (Å²) in [6.45, 7) is 5.48. The molecule has 2 rings (SSSR count). The first-order valence-corrected chi connectivity index (χ1v) is 8.53. The highest BCUT2D eigenvalue weighted by Crippen LogP contribution is 2.07. The van der Waals surface area contributed by atoms with Gasteiger partial charge in [-0.05, 0) is 56.6 Å². The summed E-state index contributed by atoms with van der Waals surface area (Å²) in [6, 6.07) is 10.6. The van der Waals surface area contributed by atoms with Crippen molar-refractivity contribution in [2.75, 3.05) is 32.7 Å². The van der Waals surface area contributed by atoms with Crippen LogP contribution in [0.1, 0.15) is 31.2 Å². The number of aryl methyl sites for hydroxylation is 1. The fraction of sp³-hybridized carbons (Fsp3) is 0.588. The van der Waals surface area contributed by atoms with Crippen LogP contribution in [0.5, 0.6) is 0 Å². The molecule has 0 atom stereocenters. The van der Waals surface area contributed by atoms with E-state index in [2.05, 4.69) is 45.9 Å². The number of nitrogens with one attached hydrogen (secondary N) is 2. The predicted octanol–water partition coefficient (Wildman–Crippen LogP) is 2.57. The van der Waals surface area contributed by atoms with Gasteiger partial charge in [-0.25, -0.2) is 0 Å². The van der Waals surface area contributed by atoms with Crippen molar-refractivity contribution in [1.29, 1.82) is 0 Å². The Morgan fingerprint density at radius 1 is 1.00 bits per heavy atom. The quantitative estimate of drug-likeness (QED) is 0.598. The Morgan fingerprint density at radius 3 is 2.48 bits per heavy atom. The molecular formula is C17H27N3S. The third-order valence-electron chi connectivity index (χ3n) is 3.93. The van der Waals surface area contributed by atoms with Crippen LogP contribution < -0.4 is 10.6 Å². The van der Waals surface area contributed by atoms with Crippen LogP contribution in [0, 0.1) is 0 Å². The Morgan fingerprint density at radius 2 is 1.71 bits per heavy atom. The van der Waals surface area contributed by atoms with Crippen molar-refractivity contribution >= 4 is 17.3 Å². The molecule has 0 radical (unpaired) electrons. The van der Waals surface area contributed by atoms with Crippen LogP contribution in [0.3, 0.4) is 0 Å². The van der Waals surface area contributed by atoms with E-state index in [1.54, 1.807) is 0 Å². The molecule has 0 unspecified atom stereocenters. The monoisotopic (exact) mass is 305 g/mol. The van der Waals surface area contributed by atoms with E-state index in [0.717, 1.165) is 37.6 Å². The highest BCUT2D eigenvalue weighted by atomic mass is 32.1. The minimum Gasteiger partial charge on any atom is -0.363 e. The van der Waals surface area contributed by atoms with Crippen LogP contribution in [0.25, 0.3) is 0 Å². The van der Waals surface area contributed by atoms with Gasteiger partial charge in [-0.15, -0.1) is 0 Å². The zero-order chi connectivity index (χ0) is 14.8. The van der Waals surface area contributed by atoms with Gasteiger partial charge in [0.15, 0.2) is 5.11 Å². The first-order chi connectivity index (χ1) is 10.3. The van der Waals surface area contributed by atoms with Crippen LogP contribution >= 0.6 is 12.2 Å². The summed E-state index contributed by atoms with van der Waals surface area (Å²) in [5, 5.41) is 7.39. The molecule has 2 N–H and O–H groups in total. The maximum absolute atomic E-state index is 5.31. The lowest BCUT2D eigenvalue weighted by Gasteiger charge is -2.26. The molecule has 0 aliphatic carbocycles. The van der Waals surface area contributed by atoms with Gasteiger partial charge in [0.1, 0.15) is 0 Å². The van der Waals surface area contributed by atoms with E-state index < -0.39 is 0 Å². The molecule has 116 valence electrons. The molecule has 0 spiro atoms. The summed E-state index contributed by atoms with van der Waals surface area (Å²) in [5.41, 5.74) is 1.39. The fourth-order valence-electron chi connectivity index (χ4n) is 2.71. The first-order valence-electron chi connectivity index (χ1n) is 8.12. The van der Waals surface area contributed by atoms with E-state index in [-0.39, 0.29) is 0 Å². The molecule has 0 amide bonds. The molecule has 1 fully saturated rings. The highest BCUT2D eigenvalue weighted by Gasteiger charge is 2.08. The van der Waals surface area contributed by atoms with Gasteiger partial charge in [-0.1, -0.05) is 36.8 Å². The minimum atomic E-state index is 0.792. The molecule has 4 heteroatoms. The Kier molecular flexibility index (Phi) is 7.54.